The van der Waals surface area contributed by atoms with E-state index in [4.69, 9.17) is 5.11 Å². The van der Waals surface area contributed by atoms with E-state index in [0.717, 1.165) is 24.8 Å². The number of aliphatic carboxylic acids is 1. The third-order valence-electron chi connectivity index (χ3n) is 3.18. The predicted octanol–water partition coefficient (Wildman–Crippen LogP) is 2.83. The largest absolute Gasteiger partial charge is 0.481 e. The van der Waals surface area contributed by atoms with Crippen LogP contribution in [-0.4, -0.2) is 23.7 Å². The topological polar surface area (TPSA) is 78.4 Å². The lowest BCUT2D eigenvalue weighted by atomic mass is 10.1. The lowest BCUT2D eigenvalue weighted by Crippen LogP contribution is -2.35. The number of aryl methyl sites for hydroxylation is 1. The first-order valence-electron chi connectivity index (χ1n) is 7.37. The smallest absolute Gasteiger partial charge is 0.315 e. The van der Waals surface area contributed by atoms with E-state index in [0.29, 0.717) is 19.5 Å². The van der Waals surface area contributed by atoms with E-state index in [1.165, 1.54) is 5.56 Å². The summed E-state index contributed by atoms with van der Waals surface area (Å²) in [6.45, 7) is 3.16. The molecule has 2 amide bonds. The highest BCUT2D eigenvalue weighted by atomic mass is 16.4. The van der Waals surface area contributed by atoms with Gasteiger partial charge < -0.3 is 15.7 Å². The monoisotopic (exact) mass is 292 g/mol. The number of unbranched alkanes of at least 4 members (excludes halogenated alkanes) is 3. The minimum Gasteiger partial charge on any atom is -0.481 e. The highest BCUT2D eigenvalue weighted by molar-refractivity contribution is 5.73. The van der Waals surface area contributed by atoms with Gasteiger partial charge in [-0.1, -0.05) is 42.7 Å². The molecular formula is C16H24N2O3. The van der Waals surface area contributed by atoms with E-state index in [-0.39, 0.29) is 12.5 Å². The molecule has 0 saturated carbocycles. The van der Waals surface area contributed by atoms with Crippen molar-refractivity contribution in [1.82, 2.24) is 10.6 Å². The Morgan fingerprint density at radius 3 is 2.33 bits per heavy atom. The number of rotatable bonds is 9. The van der Waals surface area contributed by atoms with Crippen LogP contribution in [0.2, 0.25) is 0 Å². The van der Waals surface area contributed by atoms with E-state index in [2.05, 4.69) is 10.6 Å². The van der Waals surface area contributed by atoms with Crippen molar-refractivity contribution in [1.29, 1.82) is 0 Å². The van der Waals surface area contributed by atoms with Crippen LogP contribution < -0.4 is 10.6 Å². The molecule has 0 saturated heterocycles. The zero-order valence-corrected chi connectivity index (χ0v) is 12.5. The first kappa shape index (κ1) is 17.0. The van der Waals surface area contributed by atoms with Crippen LogP contribution in [0.1, 0.15) is 43.2 Å². The van der Waals surface area contributed by atoms with Crippen LogP contribution in [0.5, 0.6) is 0 Å². The number of hydrogen-bond donors (Lipinski definition) is 3. The third kappa shape index (κ3) is 8.68. The average Bonchev–Trinajstić information content (AvgIpc) is 2.45. The van der Waals surface area contributed by atoms with Crippen molar-refractivity contribution >= 4 is 12.0 Å². The van der Waals surface area contributed by atoms with Crippen LogP contribution in [0.3, 0.4) is 0 Å². The first-order valence-corrected chi connectivity index (χ1v) is 7.37. The maximum absolute atomic E-state index is 11.6. The lowest BCUT2D eigenvalue weighted by molar-refractivity contribution is -0.137. The van der Waals surface area contributed by atoms with Crippen molar-refractivity contribution in [3.63, 3.8) is 0 Å². The summed E-state index contributed by atoms with van der Waals surface area (Å²) in [6.07, 6.45) is 3.63. The number of amides is 2. The summed E-state index contributed by atoms with van der Waals surface area (Å²) in [5, 5.41) is 14.1. The summed E-state index contributed by atoms with van der Waals surface area (Å²) in [5.74, 6) is -0.747. The van der Waals surface area contributed by atoms with Crippen LogP contribution in [-0.2, 0) is 11.3 Å². The number of carboxylic acids is 1. The molecule has 21 heavy (non-hydrogen) atoms. The number of carboxylic acid groups (broad SMARTS) is 1. The van der Waals surface area contributed by atoms with Gasteiger partial charge in [0.15, 0.2) is 0 Å². The maximum atomic E-state index is 11.6. The molecule has 0 aliphatic carbocycles. The Kier molecular flexibility index (Phi) is 7.94. The second kappa shape index (κ2) is 9.80. The standard InChI is InChI=1S/C16H24N2O3/c1-13-7-9-14(10-8-13)12-18-16(21)17-11-5-3-2-4-6-15(19)20/h7-10H,2-6,11-12H2,1H3,(H,19,20)(H2,17,18,21). The molecule has 0 fully saturated rings. The molecule has 0 aliphatic rings. The predicted molar refractivity (Wildman–Crippen MR) is 82.1 cm³/mol. The molecule has 1 aromatic carbocycles. The molecule has 1 aromatic rings. The van der Waals surface area contributed by atoms with Crippen LogP contribution >= 0.6 is 0 Å². The Bertz CT molecular complexity index is 443. The molecule has 116 valence electrons. The van der Waals surface area contributed by atoms with Crippen molar-refractivity contribution in [3.05, 3.63) is 35.4 Å². The summed E-state index contributed by atoms with van der Waals surface area (Å²) < 4.78 is 0. The van der Waals surface area contributed by atoms with Gasteiger partial charge in [0.2, 0.25) is 0 Å². The fraction of sp³-hybridized carbons (Fsp3) is 0.500. The number of urea groups is 1. The molecule has 0 atom stereocenters. The second-order valence-corrected chi connectivity index (χ2v) is 5.15. The van der Waals surface area contributed by atoms with Gasteiger partial charge in [-0.15, -0.1) is 0 Å². The van der Waals surface area contributed by atoms with Gasteiger partial charge in [-0.2, -0.15) is 0 Å². The molecule has 3 N–H and O–H groups in total. The molecule has 0 aliphatic heterocycles. The Balaban J connectivity index is 2.01. The van der Waals surface area contributed by atoms with E-state index >= 15 is 0 Å². The summed E-state index contributed by atoms with van der Waals surface area (Å²) >= 11 is 0. The van der Waals surface area contributed by atoms with Crippen molar-refractivity contribution in [2.24, 2.45) is 0 Å². The molecule has 0 aromatic heterocycles. The Hall–Kier alpha value is -2.04. The summed E-state index contributed by atoms with van der Waals surface area (Å²) in [4.78, 5) is 21.9. The summed E-state index contributed by atoms with van der Waals surface area (Å²) in [7, 11) is 0. The van der Waals surface area contributed by atoms with Gasteiger partial charge >= 0.3 is 12.0 Å². The first-order chi connectivity index (χ1) is 10.1. The summed E-state index contributed by atoms with van der Waals surface area (Å²) in [6, 6.07) is 7.87. The molecule has 0 heterocycles. The highest BCUT2D eigenvalue weighted by Crippen LogP contribution is 2.03. The van der Waals surface area contributed by atoms with Gasteiger partial charge in [0.05, 0.1) is 0 Å². The van der Waals surface area contributed by atoms with E-state index < -0.39 is 5.97 Å². The Labute approximate surface area is 125 Å². The number of hydrogen-bond acceptors (Lipinski definition) is 2. The van der Waals surface area contributed by atoms with Crippen LogP contribution in [0.4, 0.5) is 4.79 Å². The number of carbonyl (C=O) groups excluding carboxylic acids is 1. The third-order valence-corrected chi connectivity index (χ3v) is 3.18. The minimum absolute atomic E-state index is 0.166. The summed E-state index contributed by atoms with van der Waals surface area (Å²) in [5.41, 5.74) is 2.27. The number of nitrogens with one attached hydrogen (secondary N) is 2. The van der Waals surface area contributed by atoms with Crippen molar-refractivity contribution in [2.45, 2.75) is 45.6 Å². The highest BCUT2D eigenvalue weighted by Gasteiger charge is 2.00. The van der Waals surface area contributed by atoms with Crippen molar-refractivity contribution in [2.75, 3.05) is 6.54 Å². The molecule has 5 nitrogen and oxygen atoms in total. The molecule has 5 heteroatoms. The van der Waals surface area contributed by atoms with Gasteiger partial charge in [0, 0.05) is 19.5 Å². The van der Waals surface area contributed by atoms with Crippen LogP contribution in [0, 0.1) is 6.92 Å². The zero-order valence-electron chi connectivity index (χ0n) is 12.5. The molecule has 0 bridgehead atoms. The van der Waals surface area contributed by atoms with E-state index in [1.807, 2.05) is 31.2 Å². The SMILES string of the molecule is Cc1ccc(CNC(=O)NCCCCCCC(=O)O)cc1. The lowest BCUT2D eigenvalue weighted by Gasteiger charge is -2.08. The molecule has 0 unspecified atom stereocenters. The quantitative estimate of drug-likeness (QED) is 0.612. The zero-order chi connectivity index (χ0) is 15.5. The molecular weight excluding hydrogens is 268 g/mol. The van der Waals surface area contributed by atoms with Gasteiger partial charge in [-0.3, -0.25) is 4.79 Å². The average molecular weight is 292 g/mol. The number of carbonyl (C=O) groups is 2. The minimum atomic E-state index is -0.747. The second-order valence-electron chi connectivity index (χ2n) is 5.15. The Morgan fingerprint density at radius 1 is 1.00 bits per heavy atom. The maximum Gasteiger partial charge on any atom is 0.315 e. The normalized spacial score (nSPS) is 10.1. The van der Waals surface area contributed by atoms with Crippen LogP contribution in [0.15, 0.2) is 24.3 Å². The van der Waals surface area contributed by atoms with Gasteiger partial charge in [-0.05, 0) is 25.3 Å². The van der Waals surface area contributed by atoms with Crippen LogP contribution in [0.25, 0.3) is 0 Å². The van der Waals surface area contributed by atoms with E-state index in [9.17, 15) is 9.59 Å². The van der Waals surface area contributed by atoms with E-state index in [1.54, 1.807) is 0 Å². The molecule has 0 spiro atoms. The molecule has 1 rings (SSSR count). The Morgan fingerprint density at radius 2 is 1.67 bits per heavy atom. The fourth-order valence-corrected chi connectivity index (χ4v) is 1.91. The fourth-order valence-electron chi connectivity index (χ4n) is 1.91. The van der Waals surface area contributed by atoms with Gasteiger partial charge in [-0.25, -0.2) is 4.79 Å². The van der Waals surface area contributed by atoms with Crippen molar-refractivity contribution < 1.29 is 14.7 Å². The number of benzene rings is 1. The van der Waals surface area contributed by atoms with Gasteiger partial charge in [0.1, 0.15) is 0 Å². The van der Waals surface area contributed by atoms with Crippen molar-refractivity contribution in [3.8, 4) is 0 Å². The van der Waals surface area contributed by atoms with Gasteiger partial charge in [0.25, 0.3) is 0 Å². The molecule has 0 radical (unpaired) electrons.